The van der Waals surface area contributed by atoms with E-state index in [1.807, 2.05) is 48.2 Å². The fourth-order valence-electron chi connectivity index (χ4n) is 4.52. The quantitative estimate of drug-likeness (QED) is 0.758. The van der Waals surface area contributed by atoms with E-state index in [-0.39, 0.29) is 29.6 Å². The first-order valence-corrected chi connectivity index (χ1v) is 11.7. The average molecular weight is 415 g/mol. The van der Waals surface area contributed by atoms with Crippen LogP contribution in [0.1, 0.15) is 36.3 Å². The number of rotatable bonds is 5. The molecule has 6 heteroatoms. The summed E-state index contributed by atoms with van der Waals surface area (Å²) in [5.41, 5.74) is 3.42. The highest BCUT2D eigenvalue weighted by atomic mass is 32.2. The van der Waals surface area contributed by atoms with E-state index in [1.54, 1.807) is 12.3 Å². The Morgan fingerprint density at radius 3 is 2.76 bits per heavy atom. The normalized spacial score (nSPS) is 25.0. The standard InChI is InChI=1S/C23H27FN2O2S/c1-15-11-18(16-7-4-3-5-8-16)22(21(24)12-15)19-13-20(19)23(27)26-10-6-9-17(14-26)25-29(2)28/h3-5,7-8,11-12,17,19-20,25H,6,9-10,13-14H2,1-2H3. The van der Waals surface area contributed by atoms with Crippen LogP contribution < -0.4 is 4.72 Å². The van der Waals surface area contributed by atoms with Crippen molar-refractivity contribution in [3.63, 3.8) is 0 Å². The molecule has 1 heterocycles. The summed E-state index contributed by atoms with van der Waals surface area (Å²) >= 11 is -1.09. The van der Waals surface area contributed by atoms with Crippen molar-refractivity contribution in [1.29, 1.82) is 0 Å². The number of halogens is 1. The van der Waals surface area contributed by atoms with Crippen LogP contribution in [-0.2, 0) is 16.2 Å². The monoisotopic (exact) mass is 414 g/mol. The summed E-state index contributed by atoms with van der Waals surface area (Å²) < 4.78 is 29.5. The highest BCUT2D eigenvalue weighted by Gasteiger charge is 2.48. The van der Waals surface area contributed by atoms with Gasteiger partial charge in [-0.25, -0.2) is 4.39 Å². The number of aryl methyl sites for hydroxylation is 1. The van der Waals surface area contributed by atoms with Crippen LogP contribution in [0.5, 0.6) is 0 Å². The van der Waals surface area contributed by atoms with Crippen LogP contribution in [0.4, 0.5) is 4.39 Å². The number of piperidine rings is 1. The lowest BCUT2D eigenvalue weighted by atomic mass is 9.93. The van der Waals surface area contributed by atoms with Gasteiger partial charge in [-0.15, -0.1) is 4.72 Å². The maximum Gasteiger partial charge on any atom is 0.226 e. The van der Waals surface area contributed by atoms with Crippen molar-refractivity contribution in [2.75, 3.05) is 19.3 Å². The summed E-state index contributed by atoms with van der Waals surface area (Å²) in [7, 11) is 0. The number of benzene rings is 2. The molecule has 1 aliphatic carbocycles. The molecule has 1 aliphatic heterocycles. The number of carbonyl (C=O) groups excluding carboxylic acids is 1. The molecule has 0 bridgehead atoms. The second-order valence-electron chi connectivity index (χ2n) is 8.22. The largest absolute Gasteiger partial charge is 0.598 e. The molecular formula is C23H27FN2O2S. The lowest BCUT2D eigenvalue weighted by molar-refractivity contribution is -0.133. The molecule has 2 aliphatic rings. The number of nitrogens with one attached hydrogen (secondary N) is 1. The van der Waals surface area contributed by atoms with Gasteiger partial charge in [-0.05, 0) is 60.4 Å². The maximum absolute atomic E-state index is 15.0. The van der Waals surface area contributed by atoms with E-state index >= 15 is 4.39 Å². The first-order chi connectivity index (χ1) is 13.9. The molecule has 1 saturated carbocycles. The minimum Gasteiger partial charge on any atom is -0.598 e. The summed E-state index contributed by atoms with van der Waals surface area (Å²) in [6.07, 6.45) is 4.12. The maximum atomic E-state index is 15.0. The summed E-state index contributed by atoms with van der Waals surface area (Å²) in [5, 5.41) is 0. The van der Waals surface area contributed by atoms with E-state index in [4.69, 9.17) is 0 Å². The predicted molar refractivity (Wildman–Crippen MR) is 114 cm³/mol. The van der Waals surface area contributed by atoms with Gasteiger partial charge in [0.05, 0.1) is 6.04 Å². The van der Waals surface area contributed by atoms with E-state index in [9.17, 15) is 9.35 Å². The van der Waals surface area contributed by atoms with Crippen LogP contribution in [0.15, 0.2) is 42.5 Å². The predicted octanol–water partition coefficient (Wildman–Crippen LogP) is 3.78. The summed E-state index contributed by atoms with van der Waals surface area (Å²) in [6, 6.07) is 13.5. The van der Waals surface area contributed by atoms with Crippen molar-refractivity contribution in [1.82, 2.24) is 9.62 Å². The number of amides is 1. The molecule has 2 fully saturated rings. The number of hydrogen-bond donors (Lipinski definition) is 1. The van der Waals surface area contributed by atoms with Crippen LogP contribution in [0.2, 0.25) is 0 Å². The van der Waals surface area contributed by atoms with Gasteiger partial charge < -0.3 is 9.45 Å². The molecule has 29 heavy (non-hydrogen) atoms. The molecule has 4 atom stereocenters. The van der Waals surface area contributed by atoms with E-state index in [0.717, 1.165) is 36.1 Å². The Morgan fingerprint density at radius 2 is 2.03 bits per heavy atom. The lowest BCUT2D eigenvalue weighted by Gasteiger charge is -2.32. The van der Waals surface area contributed by atoms with Gasteiger partial charge in [-0.1, -0.05) is 36.4 Å². The summed E-state index contributed by atoms with van der Waals surface area (Å²) in [5.74, 6) is -0.362. The second kappa shape index (κ2) is 8.46. The van der Waals surface area contributed by atoms with Gasteiger partial charge in [-0.3, -0.25) is 4.79 Å². The van der Waals surface area contributed by atoms with Crippen LogP contribution in [0.25, 0.3) is 11.1 Å². The van der Waals surface area contributed by atoms with Crippen molar-refractivity contribution in [2.45, 2.75) is 38.1 Å². The van der Waals surface area contributed by atoms with Gasteiger partial charge in [-0.2, -0.15) is 0 Å². The minimum atomic E-state index is -1.09. The Balaban J connectivity index is 1.54. The highest BCUT2D eigenvalue weighted by molar-refractivity contribution is 7.88. The molecule has 4 unspecified atom stereocenters. The van der Waals surface area contributed by atoms with Gasteiger partial charge in [0.2, 0.25) is 5.91 Å². The van der Waals surface area contributed by atoms with E-state index in [2.05, 4.69) is 4.72 Å². The summed E-state index contributed by atoms with van der Waals surface area (Å²) in [6.45, 7) is 3.19. The third-order valence-corrected chi connectivity index (χ3v) is 6.57. The van der Waals surface area contributed by atoms with Crippen molar-refractivity contribution in [3.8, 4) is 11.1 Å². The number of carbonyl (C=O) groups is 1. The van der Waals surface area contributed by atoms with Crippen LogP contribution in [-0.4, -0.2) is 40.7 Å². The Labute approximate surface area is 174 Å². The number of hydrogen-bond acceptors (Lipinski definition) is 3. The molecule has 154 valence electrons. The Hall–Kier alpha value is -1.89. The van der Waals surface area contributed by atoms with Gasteiger partial charge in [0.15, 0.2) is 0 Å². The molecule has 2 aromatic rings. The molecular weight excluding hydrogens is 387 g/mol. The number of nitrogens with zero attached hydrogens (tertiary/aromatic N) is 1. The molecule has 1 amide bonds. The molecule has 0 spiro atoms. The van der Waals surface area contributed by atoms with E-state index in [1.165, 1.54) is 0 Å². The highest BCUT2D eigenvalue weighted by Crippen LogP contribution is 2.52. The van der Waals surface area contributed by atoms with Gasteiger partial charge in [0.25, 0.3) is 0 Å². The van der Waals surface area contributed by atoms with Crippen molar-refractivity contribution < 1.29 is 13.7 Å². The topological polar surface area (TPSA) is 55.4 Å². The SMILES string of the molecule is Cc1cc(F)c(C2CC2C(=O)N2CCCC(N[S+](C)[O-])C2)c(-c2ccccc2)c1. The molecule has 4 rings (SSSR count). The van der Waals surface area contributed by atoms with E-state index in [0.29, 0.717) is 18.5 Å². The van der Waals surface area contributed by atoms with Gasteiger partial charge in [0.1, 0.15) is 12.1 Å². The zero-order valence-electron chi connectivity index (χ0n) is 16.9. The van der Waals surface area contributed by atoms with Gasteiger partial charge >= 0.3 is 0 Å². The van der Waals surface area contributed by atoms with Crippen molar-refractivity contribution in [2.24, 2.45) is 5.92 Å². The Bertz CT molecular complexity index is 890. The van der Waals surface area contributed by atoms with Crippen molar-refractivity contribution >= 4 is 17.3 Å². The molecule has 2 aromatic carbocycles. The molecule has 1 saturated heterocycles. The smallest absolute Gasteiger partial charge is 0.226 e. The minimum absolute atomic E-state index is 0.0618. The molecule has 1 N–H and O–H groups in total. The first-order valence-electron chi connectivity index (χ1n) is 10.2. The van der Waals surface area contributed by atoms with Gasteiger partial charge in [0, 0.05) is 30.4 Å². The van der Waals surface area contributed by atoms with E-state index < -0.39 is 11.4 Å². The lowest BCUT2D eigenvalue weighted by Crippen LogP contribution is -2.49. The molecule has 0 aromatic heterocycles. The third-order valence-electron chi connectivity index (χ3n) is 5.90. The average Bonchev–Trinajstić information content (AvgIpc) is 3.47. The fraction of sp³-hybridized carbons (Fsp3) is 0.435. The summed E-state index contributed by atoms with van der Waals surface area (Å²) in [4.78, 5) is 15.0. The van der Waals surface area contributed by atoms with Crippen molar-refractivity contribution in [3.05, 3.63) is 59.4 Å². The van der Waals surface area contributed by atoms with Crippen LogP contribution in [0, 0.1) is 18.7 Å². The zero-order valence-corrected chi connectivity index (χ0v) is 17.7. The first kappa shape index (κ1) is 20.4. The van der Waals surface area contributed by atoms with Crippen LogP contribution >= 0.6 is 0 Å². The third kappa shape index (κ3) is 4.49. The Morgan fingerprint density at radius 1 is 1.28 bits per heavy atom. The number of likely N-dealkylation sites (tertiary alicyclic amines) is 1. The van der Waals surface area contributed by atoms with Crippen LogP contribution in [0.3, 0.4) is 0 Å². The zero-order chi connectivity index (χ0) is 20.5. The fourth-order valence-corrected chi connectivity index (χ4v) is 5.18. The molecule has 4 nitrogen and oxygen atoms in total. The second-order valence-corrected chi connectivity index (χ2v) is 9.36. The Kier molecular flexibility index (Phi) is 5.95. The molecule has 0 radical (unpaired) electrons.